The van der Waals surface area contributed by atoms with E-state index >= 15 is 0 Å². The molecule has 0 radical (unpaired) electrons. The number of carbonyl (C=O) groups excluding carboxylic acids is 3. The number of fused-ring (bicyclic) bond motifs is 1. The first-order valence-electron chi connectivity index (χ1n) is 7.19. The van der Waals surface area contributed by atoms with Crippen LogP contribution in [-0.2, 0) is 27.2 Å². The number of furan rings is 1. The Morgan fingerprint density at radius 2 is 2.04 bits per heavy atom. The molecule has 7 heteroatoms. The third-order valence-corrected chi connectivity index (χ3v) is 3.31. The second kappa shape index (κ2) is 7.44. The van der Waals surface area contributed by atoms with Gasteiger partial charge in [0.15, 0.2) is 6.61 Å². The Morgan fingerprint density at radius 1 is 1.26 bits per heavy atom. The molecule has 0 fully saturated rings. The van der Waals surface area contributed by atoms with E-state index < -0.39 is 24.5 Å². The molecule has 1 aromatic heterocycles. The van der Waals surface area contributed by atoms with Crippen molar-refractivity contribution < 1.29 is 23.5 Å². The average molecular weight is 318 g/mol. The van der Waals surface area contributed by atoms with Crippen LogP contribution in [0.3, 0.4) is 0 Å². The van der Waals surface area contributed by atoms with Gasteiger partial charge in [-0.1, -0.05) is 19.1 Å². The SMILES string of the molecule is CCc1ccc2c(CC(=O)OCC(=O)NC(=O)NC)coc2c1. The number of esters is 1. The summed E-state index contributed by atoms with van der Waals surface area (Å²) in [6.07, 6.45) is 2.40. The van der Waals surface area contributed by atoms with E-state index in [2.05, 4.69) is 5.32 Å². The molecule has 0 aliphatic carbocycles. The number of rotatable bonds is 5. The zero-order valence-corrected chi connectivity index (χ0v) is 13.0. The standard InChI is InChI=1S/C16H18N2O5/c1-3-10-4-5-12-11(8-22-13(12)6-10)7-15(20)23-9-14(19)18-16(21)17-2/h4-6,8H,3,7,9H2,1-2H3,(H2,17,18,19,21). The summed E-state index contributed by atoms with van der Waals surface area (Å²) < 4.78 is 10.3. The van der Waals surface area contributed by atoms with Crippen molar-refractivity contribution in [1.29, 1.82) is 0 Å². The van der Waals surface area contributed by atoms with E-state index in [0.29, 0.717) is 11.1 Å². The predicted octanol–water partition coefficient (Wildman–Crippen LogP) is 1.54. The summed E-state index contributed by atoms with van der Waals surface area (Å²) in [5.41, 5.74) is 2.55. The van der Waals surface area contributed by atoms with Crippen LogP contribution in [0.1, 0.15) is 18.1 Å². The van der Waals surface area contributed by atoms with Gasteiger partial charge in [0.25, 0.3) is 5.91 Å². The van der Waals surface area contributed by atoms with E-state index in [-0.39, 0.29) is 6.42 Å². The number of amides is 3. The van der Waals surface area contributed by atoms with Gasteiger partial charge in [-0.25, -0.2) is 4.79 Å². The van der Waals surface area contributed by atoms with Crippen LogP contribution < -0.4 is 10.6 Å². The highest BCUT2D eigenvalue weighted by Crippen LogP contribution is 2.23. The van der Waals surface area contributed by atoms with Crippen LogP contribution in [-0.4, -0.2) is 31.6 Å². The fourth-order valence-corrected chi connectivity index (χ4v) is 2.06. The van der Waals surface area contributed by atoms with Crippen molar-refractivity contribution in [3.05, 3.63) is 35.6 Å². The van der Waals surface area contributed by atoms with Gasteiger partial charge < -0.3 is 14.5 Å². The van der Waals surface area contributed by atoms with Crippen molar-refractivity contribution in [2.75, 3.05) is 13.7 Å². The number of ether oxygens (including phenoxy) is 1. The molecule has 2 aromatic rings. The number of benzene rings is 1. The average Bonchev–Trinajstić information content (AvgIpc) is 2.94. The van der Waals surface area contributed by atoms with Gasteiger partial charge in [0, 0.05) is 18.0 Å². The highest BCUT2D eigenvalue weighted by atomic mass is 16.5. The van der Waals surface area contributed by atoms with Gasteiger partial charge >= 0.3 is 12.0 Å². The van der Waals surface area contributed by atoms with Crippen molar-refractivity contribution in [2.45, 2.75) is 19.8 Å². The molecule has 0 saturated carbocycles. The predicted molar refractivity (Wildman–Crippen MR) is 82.9 cm³/mol. The summed E-state index contributed by atoms with van der Waals surface area (Å²) >= 11 is 0. The Morgan fingerprint density at radius 3 is 2.74 bits per heavy atom. The molecular formula is C16H18N2O5. The zero-order valence-electron chi connectivity index (χ0n) is 13.0. The summed E-state index contributed by atoms with van der Waals surface area (Å²) in [6, 6.07) is 5.15. The van der Waals surface area contributed by atoms with Gasteiger partial charge in [0.05, 0.1) is 12.7 Å². The topological polar surface area (TPSA) is 97.6 Å². The monoisotopic (exact) mass is 318 g/mol. The van der Waals surface area contributed by atoms with E-state index in [9.17, 15) is 14.4 Å². The maximum absolute atomic E-state index is 11.8. The van der Waals surface area contributed by atoms with Crippen LogP contribution in [0, 0.1) is 0 Å². The first kappa shape index (κ1) is 16.5. The molecule has 0 atom stereocenters. The van der Waals surface area contributed by atoms with Gasteiger partial charge in [-0.05, 0) is 18.1 Å². The van der Waals surface area contributed by atoms with Crippen LogP contribution in [0.2, 0.25) is 0 Å². The quantitative estimate of drug-likeness (QED) is 0.815. The van der Waals surface area contributed by atoms with E-state index in [0.717, 1.165) is 17.4 Å². The second-order valence-corrected chi connectivity index (χ2v) is 4.91. The van der Waals surface area contributed by atoms with Crippen LogP contribution in [0.5, 0.6) is 0 Å². The first-order chi connectivity index (χ1) is 11.0. The summed E-state index contributed by atoms with van der Waals surface area (Å²) in [6.45, 7) is 1.54. The highest BCUT2D eigenvalue weighted by Gasteiger charge is 2.14. The lowest BCUT2D eigenvalue weighted by atomic mass is 10.1. The second-order valence-electron chi connectivity index (χ2n) is 4.91. The van der Waals surface area contributed by atoms with Crippen LogP contribution >= 0.6 is 0 Å². The van der Waals surface area contributed by atoms with Gasteiger partial charge in [0.2, 0.25) is 0 Å². The maximum Gasteiger partial charge on any atom is 0.321 e. The number of hydrogen-bond donors (Lipinski definition) is 2. The van der Waals surface area contributed by atoms with E-state index in [1.165, 1.54) is 13.3 Å². The molecule has 0 spiro atoms. The lowest BCUT2D eigenvalue weighted by Crippen LogP contribution is -2.39. The van der Waals surface area contributed by atoms with E-state index in [4.69, 9.17) is 9.15 Å². The summed E-state index contributed by atoms with van der Waals surface area (Å²) in [4.78, 5) is 34.1. The Labute approximate surface area is 133 Å². The maximum atomic E-state index is 11.8. The first-order valence-corrected chi connectivity index (χ1v) is 7.19. The number of urea groups is 1. The highest BCUT2D eigenvalue weighted by molar-refractivity contribution is 5.95. The largest absolute Gasteiger partial charge is 0.464 e. The molecule has 7 nitrogen and oxygen atoms in total. The molecule has 0 aliphatic rings. The van der Waals surface area contributed by atoms with Crippen molar-refractivity contribution in [1.82, 2.24) is 10.6 Å². The molecule has 0 bridgehead atoms. The lowest BCUT2D eigenvalue weighted by Gasteiger charge is -2.05. The van der Waals surface area contributed by atoms with Crippen molar-refractivity contribution in [2.24, 2.45) is 0 Å². The molecule has 23 heavy (non-hydrogen) atoms. The Balaban J connectivity index is 1.93. The fraction of sp³-hybridized carbons (Fsp3) is 0.312. The van der Waals surface area contributed by atoms with Crippen molar-refractivity contribution in [3.63, 3.8) is 0 Å². The van der Waals surface area contributed by atoms with Crippen LogP contribution in [0.15, 0.2) is 28.9 Å². The normalized spacial score (nSPS) is 10.3. The van der Waals surface area contributed by atoms with Gasteiger partial charge in [-0.3, -0.25) is 14.9 Å². The summed E-state index contributed by atoms with van der Waals surface area (Å²) in [7, 11) is 1.38. The van der Waals surface area contributed by atoms with Gasteiger partial charge in [0.1, 0.15) is 5.58 Å². The number of carbonyl (C=O) groups is 3. The van der Waals surface area contributed by atoms with Crippen molar-refractivity contribution >= 4 is 28.9 Å². The van der Waals surface area contributed by atoms with Crippen LogP contribution in [0.4, 0.5) is 4.79 Å². The smallest absolute Gasteiger partial charge is 0.321 e. The Hall–Kier alpha value is -2.83. The minimum atomic E-state index is -0.692. The third-order valence-electron chi connectivity index (χ3n) is 3.31. The lowest BCUT2D eigenvalue weighted by molar-refractivity contribution is -0.147. The molecule has 1 heterocycles. The molecule has 2 rings (SSSR count). The molecule has 122 valence electrons. The molecular weight excluding hydrogens is 300 g/mol. The molecule has 1 aromatic carbocycles. The van der Waals surface area contributed by atoms with E-state index in [1.807, 2.05) is 30.4 Å². The van der Waals surface area contributed by atoms with Gasteiger partial charge in [-0.15, -0.1) is 0 Å². The number of imide groups is 1. The summed E-state index contributed by atoms with van der Waals surface area (Å²) in [5, 5.41) is 5.07. The van der Waals surface area contributed by atoms with Crippen molar-refractivity contribution in [3.8, 4) is 0 Å². The van der Waals surface area contributed by atoms with Crippen LogP contribution in [0.25, 0.3) is 11.0 Å². The Kier molecular flexibility index (Phi) is 5.35. The zero-order chi connectivity index (χ0) is 16.8. The minimum Gasteiger partial charge on any atom is -0.464 e. The molecule has 0 saturated heterocycles. The number of aryl methyl sites for hydroxylation is 1. The Bertz CT molecular complexity index is 735. The molecule has 3 amide bonds. The van der Waals surface area contributed by atoms with E-state index in [1.54, 1.807) is 0 Å². The molecule has 2 N–H and O–H groups in total. The number of nitrogens with one attached hydrogen (secondary N) is 2. The molecule has 0 unspecified atom stereocenters. The summed E-state index contributed by atoms with van der Waals surface area (Å²) in [5.74, 6) is -1.26. The third kappa shape index (κ3) is 4.32. The number of hydrogen-bond acceptors (Lipinski definition) is 5. The fourth-order valence-electron chi connectivity index (χ4n) is 2.06. The molecule has 0 aliphatic heterocycles. The minimum absolute atomic E-state index is 0.00821. The van der Waals surface area contributed by atoms with Gasteiger partial charge in [-0.2, -0.15) is 0 Å².